The molecule has 1 aliphatic heterocycles. The van der Waals surface area contributed by atoms with Crippen LogP contribution in [0.25, 0.3) is 0 Å². The van der Waals surface area contributed by atoms with E-state index in [9.17, 15) is 17.6 Å². The van der Waals surface area contributed by atoms with Crippen LogP contribution < -0.4 is 10.0 Å². The molecule has 2 aliphatic rings. The van der Waals surface area contributed by atoms with Gasteiger partial charge in [0.15, 0.2) is 0 Å². The molecule has 4 rings (SSSR count). The predicted molar refractivity (Wildman–Crippen MR) is 92.6 cm³/mol. The average Bonchev–Trinajstić information content (AvgIpc) is 2.96. The molecule has 0 saturated heterocycles. The zero-order chi connectivity index (χ0) is 18.5. The van der Waals surface area contributed by atoms with Crippen LogP contribution in [-0.4, -0.2) is 24.1 Å². The second-order valence-electron chi connectivity index (χ2n) is 6.72. The fourth-order valence-corrected chi connectivity index (χ4v) is 5.02. The van der Waals surface area contributed by atoms with Gasteiger partial charge in [-0.1, -0.05) is 0 Å². The molecule has 1 amide bonds. The number of fused-ring (bicyclic) bond motifs is 2. The first-order chi connectivity index (χ1) is 12.3. The topological polar surface area (TPSA) is 93.1 Å². The molecule has 1 atom stereocenters. The van der Waals surface area contributed by atoms with Gasteiger partial charge in [0, 0.05) is 30.4 Å². The van der Waals surface area contributed by atoms with Crippen LogP contribution in [0.4, 0.5) is 10.1 Å². The van der Waals surface area contributed by atoms with Crippen LogP contribution in [0.15, 0.2) is 23.2 Å². The van der Waals surface area contributed by atoms with E-state index in [1.165, 1.54) is 6.07 Å². The van der Waals surface area contributed by atoms with E-state index >= 15 is 0 Å². The van der Waals surface area contributed by atoms with E-state index < -0.39 is 21.9 Å². The summed E-state index contributed by atoms with van der Waals surface area (Å²) in [6.45, 7) is 0. The van der Waals surface area contributed by atoms with Crippen molar-refractivity contribution >= 4 is 21.6 Å². The fourth-order valence-electron chi connectivity index (χ4n) is 3.66. The molecule has 26 heavy (non-hydrogen) atoms. The summed E-state index contributed by atoms with van der Waals surface area (Å²) in [5.41, 5.74) is 2.80. The monoisotopic (exact) mass is 378 g/mol. The Kier molecular flexibility index (Phi) is 4.07. The number of hydrogen-bond acceptors (Lipinski definition) is 4. The Bertz CT molecular complexity index is 1000. The molecule has 0 radical (unpaired) electrons. The van der Waals surface area contributed by atoms with E-state index in [2.05, 4.69) is 15.1 Å². The third-order valence-electron chi connectivity index (χ3n) is 5.02. The van der Waals surface area contributed by atoms with Crippen molar-refractivity contribution in [2.45, 2.75) is 43.0 Å². The first-order valence-corrected chi connectivity index (χ1v) is 9.99. The molecule has 1 aromatic heterocycles. The first kappa shape index (κ1) is 17.2. The Morgan fingerprint density at radius 2 is 2.12 bits per heavy atom. The number of aryl methyl sites for hydroxylation is 2. The number of halogens is 1. The highest BCUT2D eigenvalue weighted by Crippen LogP contribution is 2.32. The standard InChI is InChI=1S/C17H19FN4O3S/c1-22-15-4-2-3-13(11(15)9-19-22)21-26(24,25)16-7-10-5-6-17(23)20-14(10)8-12(16)18/h7-9,13,21H,2-6H2,1H3,(H,20,23). The van der Waals surface area contributed by atoms with Crippen LogP contribution in [0.2, 0.25) is 0 Å². The van der Waals surface area contributed by atoms with Crippen molar-refractivity contribution in [3.8, 4) is 0 Å². The quantitative estimate of drug-likeness (QED) is 0.852. The smallest absolute Gasteiger partial charge is 0.244 e. The van der Waals surface area contributed by atoms with Crippen molar-refractivity contribution < 1.29 is 17.6 Å². The van der Waals surface area contributed by atoms with Crippen LogP contribution in [0.3, 0.4) is 0 Å². The van der Waals surface area contributed by atoms with Gasteiger partial charge >= 0.3 is 0 Å². The summed E-state index contributed by atoms with van der Waals surface area (Å²) in [6, 6.07) is 1.98. The maximum Gasteiger partial charge on any atom is 0.244 e. The van der Waals surface area contributed by atoms with E-state index in [0.717, 1.165) is 30.2 Å². The molecule has 0 spiro atoms. The van der Waals surface area contributed by atoms with E-state index in [1.807, 2.05) is 7.05 Å². The minimum Gasteiger partial charge on any atom is -0.326 e. The van der Waals surface area contributed by atoms with E-state index in [1.54, 1.807) is 10.9 Å². The van der Waals surface area contributed by atoms with Crippen LogP contribution in [0.1, 0.15) is 42.1 Å². The SMILES string of the molecule is Cn1ncc2c1CCCC2NS(=O)(=O)c1cc2c(cc1F)NC(=O)CC2. The Labute approximate surface area is 150 Å². The lowest BCUT2D eigenvalue weighted by Gasteiger charge is -2.24. The number of aromatic nitrogens is 2. The van der Waals surface area contributed by atoms with Crippen molar-refractivity contribution in [1.29, 1.82) is 0 Å². The van der Waals surface area contributed by atoms with E-state index in [4.69, 9.17) is 0 Å². The van der Waals surface area contributed by atoms with Crippen molar-refractivity contribution in [2.24, 2.45) is 7.05 Å². The minimum atomic E-state index is -4.05. The van der Waals surface area contributed by atoms with Gasteiger partial charge in [0.25, 0.3) is 0 Å². The number of carbonyl (C=O) groups is 1. The highest BCUT2D eigenvalue weighted by atomic mass is 32.2. The summed E-state index contributed by atoms with van der Waals surface area (Å²) in [7, 11) is -2.22. The van der Waals surface area contributed by atoms with Gasteiger partial charge in [-0.3, -0.25) is 9.48 Å². The molecule has 1 unspecified atom stereocenters. The number of hydrogen-bond donors (Lipinski definition) is 2. The van der Waals surface area contributed by atoms with Crippen molar-refractivity contribution in [2.75, 3.05) is 5.32 Å². The summed E-state index contributed by atoms with van der Waals surface area (Å²) in [5, 5.41) is 6.77. The third-order valence-corrected chi connectivity index (χ3v) is 6.50. The summed E-state index contributed by atoms with van der Waals surface area (Å²) in [4.78, 5) is 11.0. The van der Waals surface area contributed by atoms with Gasteiger partial charge in [0.1, 0.15) is 10.7 Å². The number of anilines is 1. The lowest BCUT2D eigenvalue weighted by molar-refractivity contribution is -0.116. The molecule has 0 bridgehead atoms. The molecule has 7 nitrogen and oxygen atoms in total. The largest absolute Gasteiger partial charge is 0.326 e. The average molecular weight is 378 g/mol. The number of carbonyl (C=O) groups excluding carboxylic acids is 1. The summed E-state index contributed by atoms with van der Waals surface area (Å²) < 4.78 is 44.5. The maximum absolute atomic E-state index is 14.5. The Hall–Kier alpha value is -2.26. The summed E-state index contributed by atoms with van der Waals surface area (Å²) in [5.74, 6) is -1.07. The first-order valence-electron chi connectivity index (χ1n) is 8.50. The summed E-state index contributed by atoms with van der Waals surface area (Å²) >= 11 is 0. The number of sulfonamides is 1. The molecule has 138 valence electrons. The Balaban J connectivity index is 1.67. The van der Waals surface area contributed by atoms with Gasteiger partial charge in [-0.2, -0.15) is 5.10 Å². The molecule has 0 fully saturated rings. The Morgan fingerprint density at radius 1 is 1.31 bits per heavy atom. The highest BCUT2D eigenvalue weighted by Gasteiger charge is 2.30. The van der Waals surface area contributed by atoms with Crippen LogP contribution in [0.5, 0.6) is 0 Å². The van der Waals surface area contributed by atoms with Crippen molar-refractivity contribution in [1.82, 2.24) is 14.5 Å². The predicted octanol–water partition coefficient (Wildman–Crippen LogP) is 1.80. The second-order valence-corrected chi connectivity index (χ2v) is 8.41. The van der Waals surface area contributed by atoms with Crippen LogP contribution >= 0.6 is 0 Å². The zero-order valence-corrected chi connectivity index (χ0v) is 15.1. The molecular formula is C17H19FN4O3S. The van der Waals surface area contributed by atoms with Gasteiger partial charge in [-0.05, 0) is 43.4 Å². The van der Waals surface area contributed by atoms with Crippen molar-refractivity contribution in [3.63, 3.8) is 0 Å². The minimum absolute atomic E-state index is 0.197. The zero-order valence-electron chi connectivity index (χ0n) is 14.3. The van der Waals surface area contributed by atoms with E-state index in [0.29, 0.717) is 24.1 Å². The van der Waals surface area contributed by atoms with Gasteiger partial charge in [0.2, 0.25) is 15.9 Å². The van der Waals surface area contributed by atoms with Gasteiger partial charge in [0.05, 0.1) is 12.2 Å². The Morgan fingerprint density at radius 3 is 2.92 bits per heavy atom. The normalized spacial score (nSPS) is 19.6. The summed E-state index contributed by atoms with van der Waals surface area (Å²) in [6.07, 6.45) is 4.63. The number of benzene rings is 1. The molecule has 2 N–H and O–H groups in total. The number of amides is 1. The molecule has 2 aromatic rings. The van der Waals surface area contributed by atoms with E-state index in [-0.39, 0.29) is 17.2 Å². The lowest BCUT2D eigenvalue weighted by atomic mass is 9.94. The number of nitrogens with zero attached hydrogens (tertiary/aromatic N) is 2. The van der Waals surface area contributed by atoms with Crippen LogP contribution in [0, 0.1) is 5.82 Å². The third kappa shape index (κ3) is 2.90. The molecule has 9 heteroatoms. The number of rotatable bonds is 3. The molecule has 1 aliphatic carbocycles. The molecule has 0 saturated carbocycles. The van der Waals surface area contributed by atoms with Gasteiger partial charge in [-0.15, -0.1) is 0 Å². The van der Waals surface area contributed by atoms with Gasteiger partial charge in [-0.25, -0.2) is 17.5 Å². The molecular weight excluding hydrogens is 359 g/mol. The molecule has 2 heterocycles. The second kappa shape index (κ2) is 6.17. The highest BCUT2D eigenvalue weighted by molar-refractivity contribution is 7.89. The van der Waals surface area contributed by atoms with Gasteiger partial charge < -0.3 is 5.32 Å². The van der Waals surface area contributed by atoms with Crippen LogP contribution in [-0.2, 0) is 34.7 Å². The molecule has 1 aromatic carbocycles. The maximum atomic E-state index is 14.5. The van der Waals surface area contributed by atoms with Crippen molar-refractivity contribution in [3.05, 3.63) is 41.0 Å². The lowest BCUT2D eigenvalue weighted by Crippen LogP contribution is -2.32. The number of nitrogens with one attached hydrogen (secondary N) is 2. The fraction of sp³-hybridized carbons (Fsp3) is 0.412.